The first-order valence-electron chi connectivity index (χ1n) is 7.93. The molecule has 0 saturated heterocycles. The Kier molecular flexibility index (Phi) is 5.89. The van der Waals surface area contributed by atoms with Crippen LogP contribution in [0.4, 0.5) is 5.69 Å². The van der Waals surface area contributed by atoms with Crippen LogP contribution in [-0.2, 0) is 16.6 Å². The van der Waals surface area contributed by atoms with E-state index in [1.54, 1.807) is 48.8 Å². The molecule has 140 valence electrons. The molecule has 1 heterocycles. The molecule has 2 aromatic carbocycles. The van der Waals surface area contributed by atoms with Crippen LogP contribution >= 0.6 is 23.2 Å². The lowest BCUT2D eigenvalue weighted by molar-refractivity contribution is 0.415. The highest BCUT2D eigenvalue weighted by Gasteiger charge is 2.29. The lowest BCUT2D eigenvalue weighted by Gasteiger charge is -2.26. The monoisotopic (exact) mass is 422 g/mol. The van der Waals surface area contributed by atoms with Crippen molar-refractivity contribution in [2.24, 2.45) is 0 Å². The maximum absolute atomic E-state index is 13.5. The van der Waals surface area contributed by atoms with Crippen molar-refractivity contribution in [2.75, 3.05) is 11.4 Å². The summed E-state index contributed by atoms with van der Waals surface area (Å²) in [5, 5.41) is 0.366. The minimum atomic E-state index is -4.03. The summed E-state index contributed by atoms with van der Waals surface area (Å²) in [6.45, 7) is 0.0549. The topological polar surface area (TPSA) is 59.5 Å². The Morgan fingerprint density at radius 2 is 1.85 bits per heavy atom. The molecule has 27 heavy (non-hydrogen) atoms. The van der Waals surface area contributed by atoms with Crippen LogP contribution in [0.5, 0.6) is 5.75 Å². The zero-order valence-corrected chi connectivity index (χ0v) is 16.7. The van der Waals surface area contributed by atoms with Crippen molar-refractivity contribution in [2.45, 2.75) is 11.4 Å². The van der Waals surface area contributed by atoms with Gasteiger partial charge in [-0.15, -0.1) is 0 Å². The van der Waals surface area contributed by atoms with Gasteiger partial charge >= 0.3 is 0 Å². The number of para-hydroxylation sites is 2. The molecule has 0 spiro atoms. The zero-order valence-electron chi connectivity index (χ0n) is 14.3. The highest BCUT2D eigenvalue weighted by Crippen LogP contribution is 2.36. The third-order valence-electron chi connectivity index (χ3n) is 3.86. The molecule has 5 nitrogen and oxygen atoms in total. The van der Waals surface area contributed by atoms with Crippen LogP contribution in [0, 0.1) is 0 Å². The van der Waals surface area contributed by atoms with Gasteiger partial charge < -0.3 is 4.74 Å². The van der Waals surface area contributed by atoms with Crippen molar-refractivity contribution in [3.63, 3.8) is 0 Å². The third-order valence-corrected chi connectivity index (χ3v) is 6.34. The normalized spacial score (nSPS) is 11.2. The smallest absolute Gasteiger partial charge is 0.266 e. The molecule has 0 amide bonds. The highest BCUT2D eigenvalue weighted by molar-refractivity contribution is 7.93. The lowest BCUT2D eigenvalue weighted by atomic mass is 10.2. The molecule has 3 aromatic rings. The molecule has 0 aliphatic heterocycles. The number of sulfonamides is 1. The van der Waals surface area contributed by atoms with E-state index >= 15 is 0 Å². The molecular weight excluding hydrogens is 407 g/mol. The molecule has 8 heteroatoms. The van der Waals surface area contributed by atoms with Gasteiger partial charge in [0, 0.05) is 17.4 Å². The summed E-state index contributed by atoms with van der Waals surface area (Å²) in [7, 11) is -2.54. The maximum Gasteiger partial charge on any atom is 0.266 e. The number of halogens is 2. The van der Waals surface area contributed by atoms with Gasteiger partial charge in [-0.3, -0.25) is 9.29 Å². The summed E-state index contributed by atoms with van der Waals surface area (Å²) in [5.74, 6) is 0.420. The third kappa shape index (κ3) is 4.18. The van der Waals surface area contributed by atoms with Crippen LogP contribution in [-0.4, -0.2) is 20.5 Å². The van der Waals surface area contributed by atoms with Gasteiger partial charge in [0.05, 0.1) is 24.4 Å². The Balaban J connectivity index is 2.18. The number of anilines is 1. The highest BCUT2D eigenvalue weighted by atomic mass is 35.5. The van der Waals surface area contributed by atoms with E-state index < -0.39 is 10.0 Å². The van der Waals surface area contributed by atoms with Gasteiger partial charge in [-0.25, -0.2) is 8.42 Å². The van der Waals surface area contributed by atoms with E-state index in [2.05, 4.69) is 4.98 Å². The van der Waals surface area contributed by atoms with E-state index in [1.165, 1.54) is 29.6 Å². The van der Waals surface area contributed by atoms with E-state index in [0.717, 1.165) is 0 Å². The molecule has 0 aliphatic rings. The number of aromatic nitrogens is 1. The number of hydrogen-bond acceptors (Lipinski definition) is 4. The molecule has 0 N–H and O–H groups in total. The standard InChI is InChI=1S/C19H16Cl2N2O3S/c1-26-18-7-3-2-6-17(18)23(13-14-5-4-10-22-12-14)27(24,25)19-11-15(20)8-9-16(19)21/h2-12H,13H2,1H3. The van der Waals surface area contributed by atoms with Gasteiger partial charge in [0.2, 0.25) is 0 Å². The first-order valence-corrected chi connectivity index (χ1v) is 10.1. The van der Waals surface area contributed by atoms with Gasteiger partial charge in [-0.2, -0.15) is 0 Å². The fourth-order valence-electron chi connectivity index (χ4n) is 2.59. The Hall–Kier alpha value is -2.28. The molecule has 0 unspecified atom stereocenters. The number of hydrogen-bond donors (Lipinski definition) is 0. The van der Waals surface area contributed by atoms with Gasteiger partial charge in [0.25, 0.3) is 10.0 Å². The van der Waals surface area contributed by atoms with E-state index in [4.69, 9.17) is 27.9 Å². The van der Waals surface area contributed by atoms with Crippen molar-refractivity contribution in [3.05, 3.63) is 82.6 Å². The summed E-state index contributed by atoms with van der Waals surface area (Å²) in [4.78, 5) is 3.98. The Morgan fingerprint density at radius 3 is 2.56 bits per heavy atom. The molecule has 1 aromatic heterocycles. The second-order valence-electron chi connectivity index (χ2n) is 5.62. The van der Waals surface area contributed by atoms with Crippen LogP contribution in [0.1, 0.15) is 5.56 Å². The van der Waals surface area contributed by atoms with Crippen LogP contribution in [0.25, 0.3) is 0 Å². The van der Waals surface area contributed by atoms with Crippen molar-refractivity contribution < 1.29 is 13.2 Å². The average Bonchev–Trinajstić information content (AvgIpc) is 2.68. The molecular formula is C19H16Cl2N2O3S. The summed E-state index contributed by atoms with van der Waals surface area (Å²) in [6, 6.07) is 14.8. The molecule has 0 fully saturated rings. The number of ether oxygens (including phenoxy) is 1. The number of nitrogens with zero attached hydrogens (tertiary/aromatic N) is 2. The SMILES string of the molecule is COc1ccccc1N(Cc1cccnc1)S(=O)(=O)c1cc(Cl)ccc1Cl. The molecule has 0 atom stereocenters. The molecule has 0 saturated carbocycles. The van der Waals surface area contributed by atoms with E-state index in [-0.39, 0.29) is 21.5 Å². The van der Waals surface area contributed by atoms with Crippen LogP contribution < -0.4 is 9.04 Å². The predicted molar refractivity (Wildman–Crippen MR) is 107 cm³/mol. The summed E-state index contributed by atoms with van der Waals surface area (Å²) < 4.78 is 33.6. The first kappa shape index (κ1) is 19.5. The number of methoxy groups -OCH3 is 1. The number of pyridine rings is 1. The van der Waals surface area contributed by atoms with Crippen molar-refractivity contribution in [1.82, 2.24) is 4.98 Å². The summed E-state index contributed by atoms with van der Waals surface area (Å²) >= 11 is 12.2. The fourth-order valence-corrected chi connectivity index (χ4v) is 4.79. The van der Waals surface area contributed by atoms with Crippen LogP contribution in [0.15, 0.2) is 71.9 Å². The minimum absolute atomic E-state index is 0.0549. The van der Waals surface area contributed by atoms with Crippen molar-refractivity contribution >= 4 is 38.9 Å². The van der Waals surface area contributed by atoms with Gasteiger partial charge in [0.1, 0.15) is 10.6 Å². The molecule has 0 radical (unpaired) electrons. The molecule has 0 bridgehead atoms. The number of rotatable bonds is 6. The Labute approximate surface area is 168 Å². The van der Waals surface area contributed by atoms with Crippen molar-refractivity contribution in [1.29, 1.82) is 0 Å². The van der Waals surface area contributed by atoms with Gasteiger partial charge in [0.15, 0.2) is 0 Å². The van der Waals surface area contributed by atoms with Gasteiger partial charge in [-0.05, 0) is 42.0 Å². The fraction of sp³-hybridized carbons (Fsp3) is 0.105. The molecule has 0 aliphatic carbocycles. The average molecular weight is 423 g/mol. The minimum Gasteiger partial charge on any atom is -0.495 e. The predicted octanol–water partition coefficient (Wildman–Crippen LogP) is 4.79. The first-order chi connectivity index (χ1) is 12.9. The van der Waals surface area contributed by atoms with E-state index in [9.17, 15) is 8.42 Å². The molecule has 3 rings (SSSR count). The quantitative estimate of drug-likeness (QED) is 0.572. The summed E-state index contributed by atoms with van der Waals surface area (Å²) in [6.07, 6.45) is 3.23. The number of benzene rings is 2. The maximum atomic E-state index is 13.5. The van der Waals surface area contributed by atoms with E-state index in [0.29, 0.717) is 17.0 Å². The van der Waals surface area contributed by atoms with Gasteiger partial charge in [-0.1, -0.05) is 41.4 Å². The van der Waals surface area contributed by atoms with E-state index in [1.807, 2.05) is 0 Å². The van der Waals surface area contributed by atoms with Crippen molar-refractivity contribution in [3.8, 4) is 5.75 Å². The summed E-state index contributed by atoms with van der Waals surface area (Å²) in [5.41, 5.74) is 1.10. The second-order valence-corrected chi connectivity index (χ2v) is 8.29. The van der Waals surface area contributed by atoms with Crippen LogP contribution in [0.3, 0.4) is 0 Å². The Bertz CT molecular complexity index is 1040. The largest absolute Gasteiger partial charge is 0.495 e. The lowest BCUT2D eigenvalue weighted by Crippen LogP contribution is -2.31. The van der Waals surface area contributed by atoms with Crippen LogP contribution in [0.2, 0.25) is 10.0 Å². The Morgan fingerprint density at radius 1 is 1.07 bits per heavy atom. The second kappa shape index (κ2) is 8.17. The zero-order chi connectivity index (χ0) is 19.4.